The number of benzene rings is 3. The maximum Gasteiger partial charge on any atom is 0.124 e. The first-order valence-electron chi connectivity index (χ1n) is 10.4. The van der Waals surface area contributed by atoms with Crippen molar-refractivity contribution in [1.82, 2.24) is 0 Å². The van der Waals surface area contributed by atoms with Gasteiger partial charge in [-0.3, -0.25) is 0 Å². The molecule has 3 nitrogen and oxygen atoms in total. The minimum atomic E-state index is 0.647. The van der Waals surface area contributed by atoms with E-state index in [1.807, 2.05) is 30.3 Å². The summed E-state index contributed by atoms with van der Waals surface area (Å²) >= 11 is 0. The Morgan fingerprint density at radius 1 is 0.759 bits per heavy atom. The molecule has 0 amide bonds. The average molecular weight is 390 g/mol. The molecule has 3 heteroatoms. The van der Waals surface area contributed by atoms with Gasteiger partial charge in [-0.1, -0.05) is 62.4 Å². The van der Waals surface area contributed by atoms with Gasteiger partial charge in [0.25, 0.3) is 0 Å². The van der Waals surface area contributed by atoms with E-state index in [2.05, 4.69) is 67.7 Å². The normalized spacial score (nSPS) is 10.7. The number of para-hydroxylation sites is 1. The van der Waals surface area contributed by atoms with Gasteiger partial charge in [0.1, 0.15) is 11.5 Å². The number of rotatable bonds is 11. The lowest BCUT2D eigenvalue weighted by molar-refractivity contribution is 0.287. The minimum Gasteiger partial charge on any atom is -0.493 e. The molecule has 152 valence electrons. The van der Waals surface area contributed by atoms with Gasteiger partial charge in [-0.25, -0.2) is 0 Å². The topological polar surface area (TPSA) is 30.5 Å². The summed E-state index contributed by atoms with van der Waals surface area (Å²) in [5.41, 5.74) is 3.52. The first-order chi connectivity index (χ1) is 14.2. The molecular weight excluding hydrogens is 358 g/mol. The smallest absolute Gasteiger partial charge is 0.124 e. The summed E-state index contributed by atoms with van der Waals surface area (Å²) in [5, 5.41) is 3.47. The van der Waals surface area contributed by atoms with Crippen molar-refractivity contribution in [3.63, 3.8) is 0 Å². The molecule has 3 aromatic rings. The van der Waals surface area contributed by atoms with Crippen LogP contribution >= 0.6 is 0 Å². The standard InChI is InChI=1S/C26H31NO2/c1-21(2)16-18-29-26-11-7-6-10-23(26)20-27-24-12-14-25(15-13-24)28-19-17-22-8-4-3-5-9-22/h3-15,21,27H,16-20H2,1-2H3. The molecule has 29 heavy (non-hydrogen) atoms. The van der Waals surface area contributed by atoms with Gasteiger partial charge in [0.05, 0.1) is 13.2 Å². The van der Waals surface area contributed by atoms with Crippen LogP contribution in [0.15, 0.2) is 78.9 Å². The molecule has 0 aliphatic carbocycles. The van der Waals surface area contributed by atoms with Crippen LogP contribution in [-0.4, -0.2) is 13.2 Å². The molecular formula is C26H31NO2. The van der Waals surface area contributed by atoms with Crippen LogP contribution in [0, 0.1) is 5.92 Å². The highest BCUT2D eigenvalue weighted by Gasteiger charge is 2.04. The van der Waals surface area contributed by atoms with Gasteiger partial charge in [0, 0.05) is 24.2 Å². The minimum absolute atomic E-state index is 0.647. The van der Waals surface area contributed by atoms with Crippen molar-refractivity contribution in [2.75, 3.05) is 18.5 Å². The second-order valence-corrected chi connectivity index (χ2v) is 7.60. The summed E-state index contributed by atoms with van der Waals surface area (Å²) in [6, 6.07) is 26.8. The van der Waals surface area contributed by atoms with Gasteiger partial charge < -0.3 is 14.8 Å². The molecule has 3 rings (SSSR count). The van der Waals surface area contributed by atoms with E-state index < -0.39 is 0 Å². The summed E-state index contributed by atoms with van der Waals surface area (Å²) in [7, 11) is 0. The van der Waals surface area contributed by atoms with Crippen LogP contribution in [0.5, 0.6) is 11.5 Å². The van der Waals surface area contributed by atoms with E-state index in [0.717, 1.165) is 43.2 Å². The van der Waals surface area contributed by atoms with Crippen LogP contribution in [0.3, 0.4) is 0 Å². The number of hydrogen-bond acceptors (Lipinski definition) is 3. The highest BCUT2D eigenvalue weighted by molar-refractivity contribution is 5.48. The molecule has 1 N–H and O–H groups in total. The van der Waals surface area contributed by atoms with Crippen molar-refractivity contribution in [2.24, 2.45) is 5.92 Å². The Hall–Kier alpha value is -2.94. The predicted molar refractivity (Wildman–Crippen MR) is 121 cm³/mol. The first kappa shape index (κ1) is 20.8. The van der Waals surface area contributed by atoms with Crippen molar-refractivity contribution in [3.05, 3.63) is 90.0 Å². The van der Waals surface area contributed by atoms with Gasteiger partial charge in [-0.2, -0.15) is 0 Å². The number of nitrogens with one attached hydrogen (secondary N) is 1. The lowest BCUT2D eigenvalue weighted by Gasteiger charge is -2.14. The fourth-order valence-electron chi connectivity index (χ4n) is 2.99. The quantitative estimate of drug-likeness (QED) is 0.415. The molecule has 0 unspecified atom stereocenters. The molecule has 0 heterocycles. The lowest BCUT2D eigenvalue weighted by Crippen LogP contribution is -2.06. The van der Waals surface area contributed by atoms with E-state index in [4.69, 9.17) is 9.47 Å². The van der Waals surface area contributed by atoms with Crippen LogP contribution in [0.25, 0.3) is 0 Å². The summed E-state index contributed by atoms with van der Waals surface area (Å²) in [6.07, 6.45) is 1.97. The Bertz CT molecular complexity index is 844. The van der Waals surface area contributed by atoms with E-state index in [-0.39, 0.29) is 0 Å². The maximum atomic E-state index is 5.98. The highest BCUT2D eigenvalue weighted by atomic mass is 16.5. The van der Waals surface area contributed by atoms with E-state index in [1.165, 1.54) is 11.1 Å². The Kier molecular flexibility index (Phi) is 8.00. The Morgan fingerprint density at radius 2 is 1.48 bits per heavy atom. The molecule has 0 fully saturated rings. The zero-order valence-electron chi connectivity index (χ0n) is 17.4. The Balaban J connectivity index is 1.46. The van der Waals surface area contributed by atoms with Crippen LogP contribution in [0.4, 0.5) is 5.69 Å². The zero-order valence-corrected chi connectivity index (χ0v) is 17.4. The van der Waals surface area contributed by atoms with Gasteiger partial charge in [0.15, 0.2) is 0 Å². The van der Waals surface area contributed by atoms with Crippen molar-refractivity contribution in [2.45, 2.75) is 33.2 Å². The second kappa shape index (κ2) is 11.2. The number of ether oxygens (including phenoxy) is 2. The van der Waals surface area contributed by atoms with Crippen LogP contribution in [0.2, 0.25) is 0 Å². The third-order valence-corrected chi connectivity index (χ3v) is 4.76. The molecule has 0 atom stereocenters. The lowest BCUT2D eigenvalue weighted by atomic mass is 10.1. The highest BCUT2D eigenvalue weighted by Crippen LogP contribution is 2.21. The molecule has 0 bridgehead atoms. The molecule has 0 saturated heterocycles. The second-order valence-electron chi connectivity index (χ2n) is 7.60. The maximum absolute atomic E-state index is 5.98. The average Bonchev–Trinajstić information content (AvgIpc) is 2.74. The van der Waals surface area contributed by atoms with E-state index in [0.29, 0.717) is 12.5 Å². The van der Waals surface area contributed by atoms with Crippen molar-refractivity contribution >= 4 is 5.69 Å². The number of anilines is 1. The van der Waals surface area contributed by atoms with Gasteiger partial charge >= 0.3 is 0 Å². The largest absolute Gasteiger partial charge is 0.493 e. The molecule has 0 saturated carbocycles. The SMILES string of the molecule is CC(C)CCOc1ccccc1CNc1ccc(OCCc2ccccc2)cc1. The molecule has 3 aromatic carbocycles. The number of hydrogen-bond donors (Lipinski definition) is 1. The summed E-state index contributed by atoms with van der Waals surface area (Å²) in [6.45, 7) is 6.59. The monoisotopic (exact) mass is 389 g/mol. The fourth-order valence-corrected chi connectivity index (χ4v) is 2.99. The zero-order chi connectivity index (χ0) is 20.3. The van der Waals surface area contributed by atoms with Crippen LogP contribution in [0.1, 0.15) is 31.4 Å². The summed E-state index contributed by atoms with van der Waals surface area (Å²) in [4.78, 5) is 0. The first-order valence-corrected chi connectivity index (χ1v) is 10.4. The molecule has 0 radical (unpaired) electrons. The van der Waals surface area contributed by atoms with Crippen molar-refractivity contribution in [1.29, 1.82) is 0 Å². The molecule has 0 spiro atoms. The summed E-state index contributed by atoms with van der Waals surface area (Å²) < 4.78 is 11.8. The van der Waals surface area contributed by atoms with Crippen LogP contribution < -0.4 is 14.8 Å². The van der Waals surface area contributed by atoms with E-state index >= 15 is 0 Å². The third kappa shape index (κ3) is 7.19. The van der Waals surface area contributed by atoms with Crippen molar-refractivity contribution in [3.8, 4) is 11.5 Å². The molecule has 0 aliphatic heterocycles. The molecule has 0 aliphatic rings. The van der Waals surface area contributed by atoms with Crippen LogP contribution in [-0.2, 0) is 13.0 Å². The predicted octanol–water partition coefficient (Wildman–Crippen LogP) is 6.35. The van der Waals surface area contributed by atoms with Crippen molar-refractivity contribution < 1.29 is 9.47 Å². The molecule has 0 aromatic heterocycles. The van der Waals surface area contributed by atoms with Gasteiger partial charge in [0.2, 0.25) is 0 Å². The van der Waals surface area contributed by atoms with Gasteiger partial charge in [-0.15, -0.1) is 0 Å². The van der Waals surface area contributed by atoms with Gasteiger partial charge in [-0.05, 0) is 48.2 Å². The Labute approximate surface area is 174 Å². The summed E-state index contributed by atoms with van der Waals surface area (Å²) in [5.74, 6) is 2.50. The van der Waals surface area contributed by atoms with E-state index in [1.54, 1.807) is 0 Å². The Morgan fingerprint density at radius 3 is 2.24 bits per heavy atom. The fraction of sp³-hybridized carbons (Fsp3) is 0.308. The third-order valence-electron chi connectivity index (χ3n) is 4.76. The van der Waals surface area contributed by atoms with E-state index in [9.17, 15) is 0 Å².